The molecular formula is C37H44N4O7. The van der Waals surface area contributed by atoms with Crippen LogP contribution in [-0.4, -0.2) is 70.5 Å². The zero-order chi connectivity index (χ0) is 34.0. The second kappa shape index (κ2) is 16.3. The number of hydrogen-bond acceptors (Lipinski definition) is 7. The van der Waals surface area contributed by atoms with Gasteiger partial charge in [0.05, 0.1) is 24.3 Å². The number of nitrogens with one attached hydrogen (secondary N) is 3. The van der Waals surface area contributed by atoms with Crippen LogP contribution in [0.2, 0.25) is 0 Å². The number of aromatic nitrogens is 1. The summed E-state index contributed by atoms with van der Waals surface area (Å²) >= 11 is 0. The largest absolute Gasteiger partial charge is 0.506 e. The van der Waals surface area contributed by atoms with Crippen LogP contribution >= 0.6 is 0 Å². The molecule has 254 valence electrons. The number of benzene rings is 3. The lowest BCUT2D eigenvalue weighted by Crippen LogP contribution is -2.37. The summed E-state index contributed by atoms with van der Waals surface area (Å²) in [6, 6.07) is 22.5. The van der Waals surface area contributed by atoms with Crippen LogP contribution in [0.5, 0.6) is 11.5 Å². The Labute approximate surface area is 279 Å². The van der Waals surface area contributed by atoms with E-state index in [1.54, 1.807) is 17.0 Å². The van der Waals surface area contributed by atoms with E-state index in [4.69, 9.17) is 4.74 Å². The van der Waals surface area contributed by atoms with Crippen molar-refractivity contribution >= 4 is 22.9 Å². The van der Waals surface area contributed by atoms with Crippen LogP contribution in [0.4, 0.5) is 4.79 Å². The predicted octanol–water partition coefficient (Wildman–Crippen LogP) is 4.95. The number of nitrogens with zero attached hydrogens (tertiary/aromatic N) is 1. The summed E-state index contributed by atoms with van der Waals surface area (Å²) in [4.78, 5) is 40.7. The maximum absolute atomic E-state index is 13.2. The number of ether oxygens (including phenoxy) is 1. The molecule has 48 heavy (non-hydrogen) atoms. The number of carboxylic acid groups (broad SMARTS) is 1. The molecule has 0 bridgehead atoms. The smallest absolute Gasteiger partial charge is 0.405 e. The van der Waals surface area contributed by atoms with Gasteiger partial charge in [0.1, 0.15) is 11.5 Å². The third-order valence-electron chi connectivity index (χ3n) is 9.10. The van der Waals surface area contributed by atoms with Gasteiger partial charge in [0.2, 0.25) is 11.5 Å². The highest BCUT2D eigenvalue weighted by Crippen LogP contribution is 2.32. The minimum absolute atomic E-state index is 0.00713. The van der Waals surface area contributed by atoms with Crippen molar-refractivity contribution in [3.63, 3.8) is 0 Å². The number of H-pyrrole nitrogens is 1. The molecule has 11 heteroatoms. The lowest BCUT2D eigenvalue weighted by Gasteiger charge is -2.30. The van der Waals surface area contributed by atoms with Gasteiger partial charge in [-0.3, -0.25) is 9.59 Å². The van der Waals surface area contributed by atoms with Crippen molar-refractivity contribution < 1.29 is 29.6 Å². The molecule has 1 saturated carbocycles. The van der Waals surface area contributed by atoms with Gasteiger partial charge in [-0.05, 0) is 85.5 Å². The molecule has 2 amide bonds. The monoisotopic (exact) mass is 656 g/mol. The van der Waals surface area contributed by atoms with Gasteiger partial charge in [-0.1, -0.05) is 48.5 Å². The number of phenolic OH excluding ortho intramolecular Hbond substituents is 1. The molecule has 0 saturated heterocycles. The van der Waals surface area contributed by atoms with Crippen molar-refractivity contribution in [2.75, 3.05) is 33.3 Å². The lowest BCUT2D eigenvalue weighted by molar-refractivity contribution is -0.135. The van der Waals surface area contributed by atoms with E-state index in [2.05, 4.69) is 15.6 Å². The van der Waals surface area contributed by atoms with Gasteiger partial charge in [0.25, 0.3) is 0 Å². The van der Waals surface area contributed by atoms with Crippen LogP contribution in [-0.2, 0) is 4.79 Å². The minimum atomic E-state index is -1.10. The Hall–Kier alpha value is -4.87. The zero-order valence-electron chi connectivity index (χ0n) is 27.1. The maximum atomic E-state index is 13.2. The zero-order valence-corrected chi connectivity index (χ0v) is 27.1. The standard InChI is InChI=1S/C37H44N4O7/c1-41(20-6-19-38-22-32(43)29-15-17-31(42)35-30(29)16-18-33(44)39-35)36(45)26-13-11-24(12-14-26)23-48-28-10-5-9-27(21-28)34(40-37(46)47)25-7-3-2-4-8-25/h2-5,7-10,15-18,21,24,26,32,34,38,40,42-43H,6,11-14,19-20,22-23H2,1H3,(H,39,44)(H,46,47)/t24-,26-,32-,34-/m0/s1. The average molecular weight is 657 g/mol. The van der Waals surface area contributed by atoms with E-state index in [1.165, 1.54) is 12.1 Å². The van der Waals surface area contributed by atoms with Crippen molar-refractivity contribution in [2.24, 2.45) is 11.8 Å². The van der Waals surface area contributed by atoms with Crippen molar-refractivity contribution in [1.29, 1.82) is 0 Å². The molecule has 0 radical (unpaired) electrons. The van der Waals surface area contributed by atoms with E-state index in [0.717, 1.165) is 43.2 Å². The highest BCUT2D eigenvalue weighted by atomic mass is 16.5. The number of pyridine rings is 1. The van der Waals surface area contributed by atoms with Crippen LogP contribution in [0.3, 0.4) is 0 Å². The fourth-order valence-corrected chi connectivity index (χ4v) is 6.46. The molecule has 1 aromatic heterocycles. The third kappa shape index (κ3) is 8.93. The maximum Gasteiger partial charge on any atom is 0.405 e. The van der Waals surface area contributed by atoms with E-state index in [-0.39, 0.29) is 23.1 Å². The summed E-state index contributed by atoms with van der Waals surface area (Å²) in [5.41, 5.74) is 2.23. The van der Waals surface area contributed by atoms with Crippen LogP contribution in [0.25, 0.3) is 10.9 Å². The Balaban J connectivity index is 1.02. The van der Waals surface area contributed by atoms with Crippen molar-refractivity contribution in [3.8, 4) is 11.5 Å². The number of carbonyl (C=O) groups excluding carboxylic acids is 1. The summed E-state index contributed by atoms with van der Waals surface area (Å²) in [6.07, 6.45) is 2.22. The number of aromatic hydroxyl groups is 1. The van der Waals surface area contributed by atoms with Gasteiger partial charge in [-0.25, -0.2) is 4.79 Å². The summed E-state index contributed by atoms with van der Waals surface area (Å²) in [5.74, 6) is 1.13. The lowest BCUT2D eigenvalue weighted by atomic mass is 9.81. The molecule has 11 nitrogen and oxygen atoms in total. The average Bonchev–Trinajstić information content (AvgIpc) is 3.10. The summed E-state index contributed by atoms with van der Waals surface area (Å²) < 4.78 is 6.15. The Morgan fingerprint density at radius 1 is 0.979 bits per heavy atom. The second-order valence-electron chi connectivity index (χ2n) is 12.5. The number of phenols is 1. The Morgan fingerprint density at radius 3 is 2.48 bits per heavy atom. The highest BCUT2D eigenvalue weighted by Gasteiger charge is 2.28. The van der Waals surface area contributed by atoms with E-state index in [0.29, 0.717) is 54.4 Å². The topological polar surface area (TPSA) is 164 Å². The first-order valence-electron chi connectivity index (χ1n) is 16.5. The van der Waals surface area contributed by atoms with E-state index in [1.807, 2.05) is 61.6 Å². The molecule has 0 unspecified atom stereocenters. The third-order valence-corrected chi connectivity index (χ3v) is 9.10. The van der Waals surface area contributed by atoms with Crippen LogP contribution in [0.15, 0.2) is 83.7 Å². The van der Waals surface area contributed by atoms with Gasteiger partial charge >= 0.3 is 6.09 Å². The fraction of sp³-hybridized carbons (Fsp3) is 0.378. The number of aromatic amines is 1. The molecule has 0 aliphatic heterocycles. The number of aliphatic hydroxyl groups excluding tert-OH is 1. The van der Waals surface area contributed by atoms with Crippen LogP contribution in [0, 0.1) is 11.8 Å². The Morgan fingerprint density at radius 2 is 1.73 bits per heavy atom. The molecule has 1 fully saturated rings. The molecule has 1 heterocycles. The second-order valence-corrected chi connectivity index (χ2v) is 12.5. The van der Waals surface area contributed by atoms with E-state index < -0.39 is 18.2 Å². The fourth-order valence-electron chi connectivity index (χ4n) is 6.46. The van der Waals surface area contributed by atoms with Gasteiger partial charge in [0, 0.05) is 37.5 Å². The molecule has 3 aromatic carbocycles. The Kier molecular flexibility index (Phi) is 11.7. The molecule has 1 aliphatic rings. The van der Waals surface area contributed by atoms with Crippen LogP contribution in [0.1, 0.15) is 60.9 Å². The summed E-state index contributed by atoms with van der Waals surface area (Å²) in [7, 11) is 1.84. The number of carbonyl (C=O) groups is 2. The number of aliphatic hydroxyl groups is 1. The van der Waals surface area contributed by atoms with E-state index >= 15 is 0 Å². The van der Waals surface area contributed by atoms with Crippen molar-refractivity contribution in [1.82, 2.24) is 20.5 Å². The molecule has 6 N–H and O–H groups in total. The van der Waals surface area contributed by atoms with Gasteiger partial charge < -0.3 is 40.6 Å². The molecule has 1 aliphatic carbocycles. The first-order valence-corrected chi connectivity index (χ1v) is 16.5. The summed E-state index contributed by atoms with van der Waals surface area (Å²) in [5, 5.41) is 36.7. The normalized spacial score (nSPS) is 17.4. The highest BCUT2D eigenvalue weighted by molar-refractivity contribution is 5.87. The first-order chi connectivity index (χ1) is 23.2. The van der Waals surface area contributed by atoms with Gasteiger partial charge in [0.15, 0.2) is 0 Å². The number of rotatable bonds is 14. The molecule has 2 atom stereocenters. The van der Waals surface area contributed by atoms with Gasteiger partial charge in [-0.2, -0.15) is 0 Å². The minimum Gasteiger partial charge on any atom is -0.506 e. The van der Waals surface area contributed by atoms with Crippen LogP contribution < -0.4 is 20.9 Å². The van der Waals surface area contributed by atoms with E-state index in [9.17, 15) is 29.7 Å². The SMILES string of the molecule is CN(CCCNC[C@H](O)c1ccc(O)c2[nH]c(=O)ccc12)C(=O)[C@H]1CC[C@H](COc2cccc([C@@H](NC(=O)O)c3ccccc3)c2)CC1. The molecule has 0 spiro atoms. The molecule has 4 aromatic rings. The predicted molar refractivity (Wildman–Crippen MR) is 183 cm³/mol. The van der Waals surface area contributed by atoms with Crippen molar-refractivity contribution in [2.45, 2.75) is 44.2 Å². The molecular weight excluding hydrogens is 612 g/mol. The Bertz CT molecular complexity index is 1740. The number of hydrogen-bond donors (Lipinski definition) is 6. The molecule has 5 rings (SSSR count). The quantitative estimate of drug-likeness (QED) is 0.104. The first kappa shape index (κ1) is 34.5. The number of amides is 2. The number of fused-ring (bicyclic) bond motifs is 1. The van der Waals surface area contributed by atoms with Gasteiger partial charge in [-0.15, -0.1) is 0 Å². The van der Waals surface area contributed by atoms with Crippen molar-refractivity contribution in [3.05, 3.63) is 106 Å². The summed E-state index contributed by atoms with van der Waals surface area (Å²) in [6.45, 7) is 2.05.